The molecule has 1 N–H and O–H groups in total. The molecule has 2 aliphatic heterocycles. The number of phenols is 1. The summed E-state index contributed by atoms with van der Waals surface area (Å²) >= 11 is 0. The summed E-state index contributed by atoms with van der Waals surface area (Å²) in [5, 5.41) is 26.4. The van der Waals surface area contributed by atoms with Gasteiger partial charge in [-0.3, -0.25) is 4.79 Å². The molecule has 0 saturated carbocycles. The number of cyclic esters (lactones) is 1. The number of aromatic nitrogens is 2. The van der Waals surface area contributed by atoms with Crippen molar-refractivity contribution in [2.75, 3.05) is 0 Å². The van der Waals surface area contributed by atoms with Crippen LogP contribution in [0.1, 0.15) is 48.1 Å². The number of oxime groups is 1. The zero-order valence-corrected chi connectivity index (χ0v) is 28.1. The number of ether oxygens (including phenoxy) is 2. The predicted molar refractivity (Wildman–Crippen MR) is 190 cm³/mol. The summed E-state index contributed by atoms with van der Waals surface area (Å²) in [5.41, 5.74) is -1.14. The molecule has 3 aromatic carbocycles. The average Bonchev–Trinajstić information content (AvgIpc) is 3.70. The largest absolute Gasteiger partial charge is 0.508 e. The molecule has 0 fully saturated rings. The summed E-state index contributed by atoms with van der Waals surface area (Å²) in [6.07, 6.45) is -1.68. The summed E-state index contributed by atoms with van der Waals surface area (Å²) in [6.45, 7) is 2.65. The van der Waals surface area contributed by atoms with Crippen LogP contribution < -0.4 is 5.56 Å². The molecule has 0 radical (unpaired) electrons. The van der Waals surface area contributed by atoms with Crippen LogP contribution in [0, 0.1) is 19.6 Å². The van der Waals surface area contributed by atoms with E-state index in [-0.39, 0.29) is 87.2 Å². The molecule has 0 unspecified atom stereocenters. The van der Waals surface area contributed by atoms with Crippen molar-refractivity contribution in [3.63, 3.8) is 0 Å². The number of esters is 2. The van der Waals surface area contributed by atoms with Crippen LogP contribution >= 0.6 is 0 Å². The van der Waals surface area contributed by atoms with Gasteiger partial charge in [-0.15, -0.1) is 19.6 Å². The highest BCUT2D eigenvalue weighted by molar-refractivity contribution is 6.28. The quantitative estimate of drug-likeness (QED) is 0.0919. The van der Waals surface area contributed by atoms with E-state index in [0.29, 0.717) is 27.9 Å². The monoisotopic (exact) mass is 729 g/mol. The molecule has 0 amide bonds. The molecular formula is C36H23N7O11. The number of aromatic hydroxyl groups is 1. The van der Waals surface area contributed by atoms with Crippen molar-refractivity contribution in [3.05, 3.63) is 112 Å². The van der Waals surface area contributed by atoms with Gasteiger partial charge in [-0.1, -0.05) is 12.1 Å². The first-order chi connectivity index (χ1) is 26.0. The molecule has 1 aliphatic carbocycles. The van der Waals surface area contributed by atoms with Crippen LogP contribution in [0.4, 0.5) is 22.7 Å². The van der Waals surface area contributed by atoms with Crippen molar-refractivity contribution < 1.29 is 29.0 Å². The first-order valence-electron chi connectivity index (χ1n) is 16.3. The number of benzene rings is 3. The van der Waals surface area contributed by atoms with Crippen molar-refractivity contribution in [2.45, 2.75) is 45.1 Å². The first-order valence-corrected chi connectivity index (χ1v) is 16.3. The van der Waals surface area contributed by atoms with Crippen molar-refractivity contribution in [1.82, 2.24) is 9.55 Å². The molecule has 8 rings (SSSR count). The maximum atomic E-state index is 13.9. The number of pyridine rings is 2. The van der Waals surface area contributed by atoms with Crippen LogP contribution in [0.15, 0.2) is 85.3 Å². The van der Waals surface area contributed by atoms with Crippen molar-refractivity contribution in [3.8, 4) is 28.3 Å². The molecule has 0 spiro atoms. The van der Waals surface area contributed by atoms with Crippen LogP contribution in [0.3, 0.4) is 0 Å². The molecular weight excluding hydrogens is 706 g/mol. The molecule has 54 heavy (non-hydrogen) atoms. The minimum absolute atomic E-state index is 0.0459. The van der Waals surface area contributed by atoms with Crippen LogP contribution in [-0.4, -0.2) is 38.4 Å². The third kappa shape index (κ3) is 4.90. The lowest BCUT2D eigenvalue weighted by molar-refractivity contribution is -0.195. The molecule has 5 aromatic rings. The van der Waals surface area contributed by atoms with Gasteiger partial charge in [0.25, 0.3) is 5.56 Å². The molecule has 18 nitrogen and oxygen atoms in total. The lowest BCUT2D eigenvalue weighted by Gasteiger charge is -2.36. The van der Waals surface area contributed by atoms with E-state index in [9.17, 15) is 39.1 Å². The van der Waals surface area contributed by atoms with Crippen LogP contribution in [0.2, 0.25) is 0 Å². The number of hydrogen-bond acceptors (Lipinski definition) is 17. The summed E-state index contributed by atoms with van der Waals surface area (Å²) in [7, 11) is 0. The number of carbonyl (C=O) groups is 2. The normalized spacial score (nSPS) is 16.6. The lowest BCUT2D eigenvalue weighted by Crippen LogP contribution is -2.48. The second-order valence-electron chi connectivity index (χ2n) is 12.7. The Balaban J connectivity index is 1.17. The second-order valence-corrected chi connectivity index (χ2v) is 12.7. The van der Waals surface area contributed by atoms with Gasteiger partial charge in [0.05, 0.1) is 29.0 Å². The predicted octanol–water partition coefficient (Wildman–Crippen LogP) is 6.77. The Labute approximate surface area is 301 Å². The summed E-state index contributed by atoms with van der Waals surface area (Å²) in [6, 6.07) is 12.7. The van der Waals surface area contributed by atoms with Crippen LogP contribution in [0.5, 0.6) is 5.75 Å². The summed E-state index contributed by atoms with van der Waals surface area (Å²) in [5.74, 6) is -1.95. The molecule has 4 heterocycles. The maximum absolute atomic E-state index is 13.9. The Kier molecular flexibility index (Phi) is 7.75. The molecule has 18 heteroatoms. The van der Waals surface area contributed by atoms with Gasteiger partial charge >= 0.3 is 11.9 Å². The molecule has 2 aromatic heterocycles. The van der Waals surface area contributed by atoms with E-state index in [2.05, 4.69) is 25.9 Å². The highest BCUT2D eigenvalue weighted by Crippen LogP contribution is 2.51. The topological polar surface area (TPSA) is 247 Å². The van der Waals surface area contributed by atoms with Gasteiger partial charge < -0.3 is 24.0 Å². The molecule has 0 saturated heterocycles. The van der Waals surface area contributed by atoms with E-state index >= 15 is 0 Å². The SMILES string of the molecule is CC[C@@]1(OC(=O)[C@H](C)ON=C2c3cc(N=O)cc(N=O)c3-c3c(N=O)cc(N=O)cc32)C(=O)OCc2c1cc1n(c2=O)Cc2cc3cc(O)ccc3nc2-1. The third-order valence-electron chi connectivity index (χ3n) is 9.74. The van der Waals surface area contributed by atoms with E-state index in [4.69, 9.17) is 19.3 Å². The van der Waals surface area contributed by atoms with E-state index < -0.39 is 29.2 Å². The number of phenolic OH excluding ortho intramolecular Hbond substituents is 1. The number of rotatable bonds is 9. The van der Waals surface area contributed by atoms with Crippen LogP contribution in [0.25, 0.3) is 33.4 Å². The number of hydrogen-bond donors (Lipinski definition) is 1. The smallest absolute Gasteiger partial charge is 0.355 e. The van der Waals surface area contributed by atoms with Crippen molar-refractivity contribution >= 4 is 51.3 Å². The fraction of sp³-hybridized carbons (Fsp3) is 0.194. The Morgan fingerprint density at radius 3 is 2.22 bits per heavy atom. The number of carbonyl (C=O) groups excluding carboxylic acids is 2. The van der Waals surface area contributed by atoms with Gasteiger partial charge in [0.1, 0.15) is 40.8 Å². The number of nitrogens with zero attached hydrogens (tertiary/aromatic N) is 7. The zero-order valence-electron chi connectivity index (χ0n) is 28.1. The second kappa shape index (κ2) is 12.4. The number of nitroso groups, excluding NO2 is 4. The standard InChI is InChI=1S/C36H23N7O11/c1-3-36(24-12-28-31-17(6-16-7-20(44)4-5-25(16)37-31)13-43(28)33(45)23(24)14-52-35(36)47)53-34(46)15(2)54-42-32-21-8-18(38-48)10-26(40-50)29(21)30-22(32)9-19(39-49)11-27(30)41-51/h4-12,15,44H,3,13-14H2,1-2H3/t15-,36-/m0/s1. The Hall–Kier alpha value is -7.37. The molecule has 268 valence electrons. The van der Waals surface area contributed by atoms with Gasteiger partial charge in [-0.05, 0) is 88.6 Å². The van der Waals surface area contributed by atoms with Gasteiger partial charge in [-0.25, -0.2) is 14.6 Å². The summed E-state index contributed by atoms with van der Waals surface area (Å²) in [4.78, 5) is 98.1. The fourth-order valence-electron chi connectivity index (χ4n) is 7.18. The lowest BCUT2D eigenvalue weighted by atomic mass is 9.85. The van der Waals surface area contributed by atoms with Gasteiger partial charge in [0, 0.05) is 38.8 Å². The van der Waals surface area contributed by atoms with E-state index in [1.807, 2.05) is 6.07 Å². The zero-order chi connectivity index (χ0) is 38.1. The molecule has 2 atom stereocenters. The van der Waals surface area contributed by atoms with E-state index in [1.165, 1.54) is 29.7 Å². The van der Waals surface area contributed by atoms with E-state index in [0.717, 1.165) is 12.1 Å². The number of fused-ring (bicyclic) bond motifs is 8. The maximum Gasteiger partial charge on any atom is 0.355 e. The average molecular weight is 730 g/mol. The Bertz CT molecular complexity index is 2600. The Morgan fingerprint density at radius 2 is 1.61 bits per heavy atom. The Morgan fingerprint density at radius 1 is 0.944 bits per heavy atom. The summed E-state index contributed by atoms with van der Waals surface area (Å²) < 4.78 is 12.8. The van der Waals surface area contributed by atoms with Gasteiger partial charge in [0.15, 0.2) is 0 Å². The van der Waals surface area contributed by atoms with Gasteiger partial charge in [-0.2, -0.15) is 0 Å². The third-order valence-corrected chi connectivity index (χ3v) is 9.74. The minimum Gasteiger partial charge on any atom is -0.508 e. The first kappa shape index (κ1) is 33.8. The minimum atomic E-state index is -2.08. The van der Waals surface area contributed by atoms with Gasteiger partial charge in [0.2, 0.25) is 11.7 Å². The highest BCUT2D eigenvalue weighted by Gasteiger charge is 2.51. The highest BCUT2D eigenvalue weighted by atomic mass is 16.7. The van der Waals surface area contributed by atoms with Crippen LogP contribution in [-0.2, 0) is 42.7 Å². The van der Waals surface area contributed by atoms with Crippen molar-refractivity contribution in [1.29, 1.82) is 0 Å². The van der Waals surface area contributed by atoms with Crippen molar-refractivity contribution in [2.24, 2.45) is 25.9 Å². The fourth-order valence-corrected chi connectivity index (χ4v) is 7.18. The van der Waals surface area contributed by atoms with E-state index in [1.54, 1.807) is 25.1 Å². The molecule has 3 aliphatic rings. The molecule has 0 bridgehead atoms.